The van der Waals surface area contributed by atoms with Crippen molar-refractivity contribution < 1.29 is 22.7 Å². The largest absolute Gasteiger partial charge is 0.416 e. The molecule has 2 rings (SSSR count). The first-order chi connectivity index (χ1) is 10.7. The lowest BCUT2D eigenvalue weighted by molar-refractivity contribution is -0.137. The van der Waals surface area contributed by atoms with Gasteiger partial charge in [-0.05, 0) is 43.9 Å². The van der Waals surface area contributed by atoms with Gasteiger partial charge in [-0.15, -0.1) is 12.4 Å². The third kappa shape index (κ3) is 5.36. The minimum Gasteiger partial charge on any atom is -0.381 e. The maximum atomic E-state index is 12.5. The van der Waals surface area contributed by atoms with Gasteiger partial charge in [0.2, 0.25) is 5.91 Å². The molecular formula is C16H22ClF3N2O2. The number of hydrogen-bond donors (Lipinski definition) is 2. The lowest BCUT2D eigenvalue weighted by Crippen LogP contribution is -2.58. The van der Waals surface area contributed by atoms with Crippen molar-refractivity contribution in [2.45, 2.75) is 43.9 Å². The SMILES string of the molecule is CC(Cc1ccc(C(F)(F)F)cc1)NC(=O)C1(N)CCOCC1.Cl. The van der Waals surface area contributed by atoms with Crippen LogP contribution in [0.5, 0.6) is 0 Å². The summed E-state index contributed by atoms with van der Waals surface area (Å²) < 4.78 is 42.8. The third-order valence-electron chi connectivity index (χ3n) is 4.04. The smallest absolute Gasteiger partial charge is 0.381 e. The average molecular weight is 367 g/mol. The molecule has 0 spiro atoms. The van der Waals surface area contributed by atoms with E-state index in [1.807, 2.05) is 0 Å². The maximum Gasteiger partial charge on any atom is 0.416 e. The number of nitrogens with one attached hydrogen (secondary N) is 1. The van der Waals surface area contributed by atoms with Gasteiger partial charge in [-0.1, -0.05) is 12.1 Å². The topological polar surface area (TPSA) is 64.4 Å². The highest BCUT2D eigenvalue weighted by atomic mass is 35.5. The maximum absolute atomic E-state index is 12.5. The molecule has 1 aromatic carbocycles. The molecule has 1 heterocycles. The first kappa shape index (κ1) is 20.7. The van der Waals surface area contributed by atoms with E-state index < -0.39 is 17.3 Å². The van der Waals surface area contributed by atoms with Gasteiger partial charge >= 0.3 is 6.18 Å². The molecule has 1 unspecified atom stereocenters. The summed E-state index contributed by atoms with van der Waals surface area (Å²) in [4.78, 5) is 12.3. The number of halogens is 4. The van der Waals surface area contributed by atoms with E-state index in [4.69, 9.17) is 10.5 Å². The van der Waals surface area contributed by atoms with E-state index in [0.29, 0.717) is 32.5 Å². The average Bonchev–Trinajstić information content (AvgIpc) is 2.47. The lowest BCUT2D eigenvalue weighted by atomic mass is 9.90. The van der Waals surface area contributed by atoms with Gasteiger partial charge in [0, 0.05) is 19.3 Å². The second-order valence-corrected chi connectivity index (χ2v) is 6.04. The van der Waals surface area contributed by atoms with Crippen LogP contribution in [0, 0.1) is 0 Å². The quantitative estimate of drug-likeness (QED) is 0.861. The number of ether oxygens (including phenoxy) is 1. The number of hydrogen-bond acceptors (Lipinski definition) is 3. The van der Waals surface area contributed by atoms with E-state index in [-0.39, 0.29) is 24.4 Å². The Hall–Kier alpha value is -1.31. The van der Waals surface area contributed by atoms with Crippen LogP contribution in [-0.2, 0) is 22.1 Å². The van der Waals surface area contributed by atoms with Crippen LogP contribution in [0.15, 0.2) is 24.3 Å². The van der Waals surface area contributed by atoms with Crippen molar-refractivity contribution in [2.24, 2.45) is 5.73 Å². The van der Waals surface area contributed by atoms with Crippen molar-refractivity contribution in [1.82, 2.24) is 5.32 Å². The predicted octanol–water partition coefficient (Wildman–Crippen LogP) is 2.68. The normalized spacial score (nSPS) is 18.4. The van der Waals surface area contributed by atoms with E-state index in [9.17, 15) is 18.0 Å². The van der Waals surface area contributed by atoms with Gasteiger partial charge in [-0.25, -0.2) is 0 Å². The number of rotatable bonds is 4. The summed E-state index contributed by atoms with van der Waals surface area (Å²) in [5.74, 6) is -0.236. The second-order valence-electron chi connectivity index (χ2n) is 6.04. The standard InChI is InChI=1S/C16H21F3N2O2.ClH/c1-11(21-14(22)15(20)6-8-23-9-7-15)10-12-2-4-13(5-3-12)16(17,18)19;/h2-5,11H,6-10,20H2,1H3,(H,21,22);1H. The minimum atomic E-state index is -4.34. The first-order valence-corrected chi connectivity index (χ1v) is 7.54. The Morgan fingerprint density at radius 3 is 2.33 bits per heavy atom. The molecule has 0 radical (unpaired) electrons. The number of carbonyl (C=O) groups excluding carboxylic acids is 1. The number of benzene rings is 1. The molecule has 8 heteroatoms. The lowest BCUT2D eigenvalue weighted by Gasteiger charge is -2.33. The van der Waals surface area contributed by atoms with Gasteiger partial charge in [0.05, 0.1) is 11.1 Å². The minimum absolute atomic E-state index is 0. The summed E-state index contributed by atoms with van der Waals surface area (Å²) >= 11 is 0. The van der Waals surface area contributed by atoms with Crippen LogP contribution in [-0.4, -0.2) is 30.7 Å². The summed E-state index contributed by atoms with van der Waals surface area (Å²) in [5.41, 5.74) is 5.22. The van der Waals surface area contributed by atoms with Gasteiger partial charge in [-0.2, -0.15) is 13.2 Å². The summed E-state index contributed by atoms with van der Waals surface area (Å²) in [6, 6.07) is 4.73. The molecule has 3 N–H and O–H groups in total. The van der Waals surface area contributed by atoms with Gasteiger partial charge in [-0.3, -0.25) is 4.79 Å². The molecular weight excluding hydrogens is 345 g/mol. The van der Waals surface area contributed by atoms with Gasteiger partial charge < -0.3 is 15.8 Å². The molecule has 136 valence electrons. The van der Waals surface area contributed by atoms with Crippen LogP contribution in [0.2, 0.25) is 0 Å². The van der Waals surface area contributed by atoms with Crippen molar-refractivity contribution in [3.05, 3.63) is 35.4 Å². The predicted molar refractivity (Wildman–Crippen MR) is 87.0 cm³/mol. The van der Waals surface area contributed by atoms with Crippen LogP contribution < -0.4 is 11.1 Å². The Bertz CT molecular complexity index is 543. The van der Waals surface area contributed by atoms with Crippen LogP contribution in [0.25, 0.3) is 0 Å². The summed E-state index contributed by atoms with van der Waals surface area (Å²) in [7, 11) is 0. The molecule has 4 nitrogen and oxygen atoms in total. The van der Waals surface area contributed by atoms with Gasteiger partial charge in [0.1, 0.15) is 0 Å². The molecule has 0 bridgehead atoms. The Morgan fingerprint density at radius 1 is 1.29 bits per heavy atom. The monoisotopic (exact) mass is 366 g/mol. The molecule has 1 aromatic rings. The van der Waals surface area contributed by atoms with Crippen molar-refractivity contribution in [3.63, 3.8) is 0 Å². The fourth-order valence-electron chi connectivity index (χ4n) is 2.56. The van der Waals surface area contributed by atoms with Crippen LogP contribution in [0.1, 0.15) is 30.9 Å². The fourth-order valence-corrected chi connectivity index (χ4v) is 2.56. The Morgan fingerprint density at radius 2 is 1.83 bits per heavy atom. The molecule has 1 amide bonds. The molecule has 0 aromatic heterocycles. The molecule has 0 saturated carbocycles. The zero-order chi connectivity index (χ0) is 17.1. The highest BCUT2D eigenvalue weighted by molar-refractivity contribution is 5.86. The summed E-state index contributed by atoms with van der Waals surface area (Å²) in [6.07, 6.45) is -2.97. The first-order valence-electron chi connectivity index (χ1n) is 7.54. The fraction of sp³-hybridized carbons (Fsp3) is 0.562. The zero-order valence-corrected chi connectivity index (χ0v) is 14.2. The van der Waals surface area contributed by atoms with E-state index >= 15 is 0 Å². The summed E-state index contributed by atoms with van der Waals surface area (Å²) in [5, 5.41) is 2.84. The summed E-state index contributed by atoms with van der Waals surface area (Å²) in [6.45, 7) is 2.71. The molecule has 24 heavy (non-hydrogen) atoms. The Kier molecular flexibility index (Phi) is 7.07. The van der Waals surface area contributed by atoms with Crippen LogP contribution in [0.4, 0.5) is 13.2 Å². The van der Waals surface area contributed by atoms with Crippen LogP contribution in [0.3, 0.4) is 0 Å². The highest BCUT2D eigenvalue weighted by Gasteiger charge is 2.36. The zero-order valence-electron chi connectivity index (χ0n) is 13.4. The highest BCUT2D eigenvalue weighted by Crippen LogP contribution is 2.29. The van der Waals surface area contributed by atoms with Crippen molar-refractivity contribution in [2.75, 3.05) is 13.2 Å². The van der Waals surface area contributed by atoms with Crippen molar-refractivity contribution >= 4 is 18.3 Å². The number of nitrogens with two attached hydrogens (primary N) is 1. The molecule has 1 fully saturated rings. The van der Waals surface area contributed by atoms with Gasteiger partial charge in [0.25, 0.3) is 0 Å². The van der Waals surface area contributed by atoms with Crippen LogP contribution >= 0.6 is 12.4 Å². The van der Waals surface area contributed by atoms with E-state index in [0.717, 1.165) is 17.7 Å². The van der Waals surface area contributed by atoms with E-state index in [1.165, 1.54) is 12.1 Å². The number of carbonyl (C=O) groups is 1. The third-order valence-corrected chi connectivity index (χ3v) is 4.04. The molecule has 1 saturated heterocycles. The molecule has 1 atom stereocenters. The Labute approximate surface area is 145 Å². The van der Waals surface area contributed by atoms with E-state index in [2.05, 4.69) is 5.32 Å². The van der Waals surface area contributed by atoms with Gasteiger partial charge in [0.15, 0.2) is 0 Å². The molecule has 1 aliphatic heterocycles. The molecule has 0 aliphatic carbocycles. The molecule has 1 aliphatic rings. The number of amides is 1. The Balaban J connectivity index is 0.00000288. The van der Waals surface area contributed by atoms with Crippen molar-refractivity contribution in [3.8, 4) is 0 Å². The van der Waals surface area contributed by atoms with Crippen molar-refractivity contribution in [1.29, 1.82) is 0 Å². The second kappa shape index (κ2) is 8.18. The number of alkyl halides is 3. The van der Waals surface area contributed by atoms with E-state index in [1.54, 1.807) is 6.92 Å².